The fourth-order valence-corrected chi connectivity index (χ4v) is 2.95. The average molecular weight is 273 g/mol. The topological polar surface area (TPSA) is 45.6 Å². The third-order valence-electron chi connectivity index (χ3n) is 4.24. The number of nitrogens with zero attached hydrogens (tertiary/aromatic N) is 2. The first-order chi connectivity index (χ1) is 9.63. The molecule has 2 heterocycles. The largest absolute Gasteiger partial charge is 0.459 e. The molecular weight excluding hydrogens is 250 g/mol. The second kappa shape index (κ2) is 5.56. The van der Waals surface area contributed by atoms with Crippen LogP contribution in [0.3, 0.4) is 0 Å². The maximum Gasteiger partial charge on any atom is 0.134 e. The third-order valence-corrected chi connectivity index (χ3v) is 4.24. The predicted octanol–water partition coefficient (Wildman–Crippen LogP) is 2.07. The van der Waals surface area contributed by atoms with Crippen molar-refractivity contribution in [1.29, 1.82) is 0 Å². The lowest BCUT2D eigenvalue weighted by atomic mass is 10.2. The van der Waals surface area contributed by atoms with Crippen LogP contribution in [0.4, 0.5) is 0 Å². The van der Waals surface area contributed by atoms with Crippen LogP contribution < -0.4 is 5.73 Å². The predicted molar refractivity (Wildman–Crippen MR) is 81.7 cm³/mol. The highest BCUT2D eigenvalue weighted by molar-refractivity contribution is 5.77. The van der Waals surface area contributed by atoms with Gasteiger partial charge in [0.25, 0.3) is 0 Å². The maximum atomic E-state index is 6.31. The molecule has 108 valence electrons. The number of likely N-dealkylation sites (tertiary alicyclic amines) is 1. The molecule has 0 aliphatic carbocycles. The van der Waals surface area contributed by atoms with E-state index in [1.54, 1.807) is 0 Å². The molecule has 0 amide bonds. The van der Waals surface area contributed by atoms with E-state index in [2.05, 4.69) is 36.0 Å². The van der Waals surface area contributed by atoms with Crippen LogP contribution in [0.2, 0.25) is 0 Å². The van der Waals surface area contributed by atoms with E-state index in [4.69, 9.17) is 10.2 Å². The molecular formula is C16H23N3O. The molecule has 0 radical (unpaired) electrons. The van der Waals surface area contributed by atoms with E-state index in [-0.39, 0.29) is 6.04 Å². The summed E-state index contributed by atoms with van der Waals surface area (Å²) in [6, 6.07) is 10.7. The summed E-state index contributed by atoms with van der Waals surface area (Å²) in [5.41, 5.74) is 7.23. The minimum Gasteiger partial charge on any atom is -0.459 e. The standard InChI is InChI=1S/C16H23N3O/c1-18(2)13-7-8-19(10-13)11-14(17)16-9-12-5-3-4-6-15(12)20-16/h3-6,9,13-14H,7-8,10-11,17H2,1-2H3. The van der Waals surface area contributed by atoms with Gasteiger partial charge in [0.15, 0.2) is 0 Å². The van der Waals surface area contributed by atoms with Gasteiger partial charge in [-0.2, -0.15) is 0 Å². The molecule has 1 aliphatic heterocycles. The molecule has 0 spiro atoms. The Kier molecular flexibility index (Phi) is 3.78. The van der Waals surface area contributed by atoms with Crippen LogP contribution >= 0.6 is 0 Å². The van der Waals surface area contributed by atoms with Crippen molar-refractivity contribution in [2.75, 3.05) is 33.7 Å². The third kappa shape index (κ3) is 2.73. The summed E-state index contributed by atoms with van der Waals surface area (Å²) in [5.74, 6) is 0.888. The van der Waals surface area contributed by atoms with Crippen LogP contribution in [0.1, 0.15) is 18.2 Å². The van der Waals surface area contributed by atoms with E-state index in [9.17, 15) is 0 Å². The minimum atomic E-state index is -0.0525. The highest BCUT2D eigenvalue weighted by Crippen LogP contribution is 2.24. The Hall–Kier alpha value is -1.36. The normalized spacial score (nSPS) is 21.9. The summed E-state index contributed by atoms with van der Waals surface area (Å²) in [4.78, 5) is 4.73. The van der Waals surface area contributed by atoms with Crippen LogP contribution in [0.5, 0.6) is 0 Å². The van der Waals surface area contributed by atoms with E-state index < -0.39 is 0 Å². The molecule has 0 bridgehead atoms. The average Bonchev–Trinajstić information content (AvgIpc) is 3.04. The summed E-state index contributed by atoms with van der Waals surface area (Å²) in [7, 11) is 4.29. The van der Waals surface area contributed by atoms with Crippen molar-refractivity contribution in [3.05, 3.63) is 36.1 Å². The fourth-order valence-electron chi connectivity index (χ4n) is 2.95. The highest BCUT2D eigenvalue weighted by Gasteiger charge is 2.26. The summed E-state index contributed by atoms with van der Waals surface area (Å²) >= 11 is 0. The van der Waals surface area contributed by atoms with Gasteiger partial charge in [-0.3, -0.25) is 4.90 Å². The number of hydrogen-bond acceptors (Lipinski definition) is 4. The van der Waals surface area contributed by atoms with Gasteiger partial charge in [0, 0.05) is 24.5 Å². The van der Waals surface area contributed by atoms with Gasteiger partial charge in [-0.15, -0.1) is 0 Å². The van der Waals surface area contributed by atoms with Gasteiger partial charge in [-0.25, -0.2) is 0 Å². The second-order valence-corrected chi connectivity index (χ2v) is 5.96. The molecule has 1 aliphatic rings. The molecule has 1 saturated heterocycles. The van der Waals surface area contributed by atoms with Crippen molar-refractivity contribution < 1.29 is 4.42 Å². The lowest BCUT2D eigenvalue weighted by molar-refractivity contribution is 0.254. The lowest BCUT2D eigenvalue weighted by Crippen LogP contribution is -2.34. The smallest absolute Gasteiger partial charge is 0.134 e. The molecule has 2 atom stereocenters. The molecule has 20 heavy (non-hydrogen) atoms. The van der Waals surface area contributed by atoms with E-state index in [1.807, 2.05) is 18.2 Å². The summed E-state index contributed by atoms with van der Waals surface area (Å²) in [6.45, 7) is 3.09. The van der Waals surface area contributed by atoms with Gasteiger partial charge in [-0.1, -0.05) is 18.2 Å². The molecule has 2 unspecified atom stereocenters. The lowest BCUT2D eigenvalue weighted by Gasteiger charge is -2.22. The summed E-state index contributed by atoms with van der Waals surface area (Å²) in [5, 5.41) is 1.13. The van der Waals surface area contributed by atoms with Crippen molar-refractivity contribution >= 4 is 11.0 Å². The van der Waals surface area contributed by atoms with Gasteiger partial charge in [0.2, 0.25) is 0 Å². The van der Waals surface area contributed by atoms with Gasteiger partial charge in [0.1, 0.15) is 11.3 Å². The monoisotopic (exact) mass is 273 g/mol. The Bertz CT molecular complexity index is 545. The van der Waals surface area contributed by atoms with Gasteiger partial charge in [-0.05, 0) is 39.2 Å². The summed E-state index contributed by atoms with van der Waals surface area (Å²) in [6.07, 6.45) is 1.22. The Balaban J connectivity index is 1.66. The van der Waals surface area contributed by atoms with E-state index in [0.717, 1.165) is 36.4 Å². The SMILES string of the molecule is CN(C)C1CCN(CC(N)c2cc3ccccc3o2)C1. The van der Waals surface area contributed by atoms with Crippen molar-refractivity contribution in [3.63, 3.8) is 0 Å². The van der Waals surface area contributed by atoms with E-state index in [0.29, 0.717) is 6.04 Å². The molecule has 3 rings (SSSR count). The van der Waals surface area contributed by atoms with Crippen molar-refractivity contribution in [2.24, 2.45) is 5.73 Å². The van der Waals surface area contributed by atoms with Crippen molar-refractivity contribution in [3.8, 4) is 0 Å². The number of likely N-dealkylation sites (N-methyl/N-ethyl adjacent to an activating group) is 1. The zero-order valence-corrected chi connectivity index (χ0v) is 12.2. The minimum absolute atomic E-state index is 0.0525. The first-order valence-electron chi connectivity index (χ1n) is 7.26. The van der Waals surface area contributed by atoms with Crippen LogP contribution in [0.25, 0.3) is 11.0 Å². The number of furan rings is 1. The molecule has 4 nitrogen and oxygen atoms in total. The second-order valence-electron chi connectivity index (χ2n) is 5.96. The van der Waals surface area contributed by atoms with Crippen molar-refractivity contribution in [2.45, 2.75) is 18.5 Å². The molecule has 0 saturated carbocycles. The van der Waals surface area contributed by atoms with E-state index in [1.165, 1.54) is 6.42 Å². The Morgan fingerprint density at radius 1 is 1.40 bits per heavy atom. The number of para-hydroxylation sites is 1. The fraction of sp³-hybridized carbons (Fsp3) is 0.500. The number of hydrogen-bond donors (Lipinski definition) is 1. The highest BCUT2D eigenvalue weighted by atomic mass is 16.3. The number of benzene rings is 1. The molecule has 1 aromatic heterocycles. The first kappa shape index (κ1) is 13.6. The molecule has 2 aromatic rings. The summed E-state index contributed by atoms with van der Waals surface area (Å²) < 4.78 is 5.85. The Morgan fingerprint density at radius 3 is 2.90 bits per heavy atom. The number of nitrogens with two attached hydrogens (primary N) is 1. The van der Waals surface area contributed by atoms with Gasteiger partial charge in [0.05, 0.1) is 6.04 Å². The van der Waals surface area contributed by atoms with Gasteiger partial charge >= 0.3 is 0 Å². The quantitative estimate of drug-likeness (QED) is 0.926. The zero-order valence-electron chi connectivity index (χ0n) is 12.2. The Labute approximate surface area is 120 Å². The van der Waals surface area contributed by atoms with Crippen LogP contribution in [-0.2, 0) is 0 Å². The van der Waals surface area contributed by atoms with Crippen molar-refractivity contribution in [1.82, 2.24) is 9.80 Å². The number of fused-ring (bicyclic) bond motifs is 1. The first-order valence-corrected chi connectivity index (χ1v) is 7.26. The molecule has 1 fully saturated rings. The number of rotatable bonds is 4. The Morgan fingerprint density at radius 2 is 2.20 bits per heavy atom. The van der Waals surface area contributed by atoms with E-state index >= 15 is 0 Å². The van der Waals surface area contributed by atoms with Crippen LogP contribution in [0, 0.1) is 0 Å². The maximum absolute atomic E-state index is 6.31. The van der Waals surface area contributed by atoms with Gasteiger partial charge < -0.3 is 15.1 Å². The van der Waals surface area contributed by atoms with Crippen LogP contribution in [0.15, 0.2) is 34.7 Å². The molecule has 2 N–H and O–H groups in total. The molecule has 1 aromatic carbocycles. The van der Waals surface area contributed by atoms with Crippen LogP contribution in [-0.4, -0.2) is 49.6 Å². The zero-order chi connectivity index (χ0) is 14.1. The molecule has 4 heteroatoms.